The molecule has 10 heteroatoms. The first kappa shape index (κ1) is 20.5. The third-order valence-electron chi connectivity index (χ3n) is 3.27. The van der Waals surface area contributed by atoms with Crippen molar-refractivity contribution in [3.8, 4) is 11.5 Å². The Bertz CT molecular complexity index is 768. The van der Waals surface area contributed by atoms with Crippen LogP contribution in [0, 0.1) is 5.82 Å². The Morgan fingerprint density at radius 3 is 2.07 bits per heavy atom. The van der Waals surface area contributed by atoms with Crippen LogP contribution in [0.5, 0.6) is 11.5 Å². The Kier molecular flexibility index (Phi) is 6.59. The van der Waals surface area contributed by atoms with Gasteiger partial charge in [-0.1, -0.05) is 0 Å². The summed E-state index contributed by atoms with van der Waals surface area (Å²) in [6, 6.07) is 6.47. The van der Waals surface area contributed by atoms with Gasteiger partial charge in [0.05, 0.1) is 13.2 Å². The molecule has 0 bridgehead atoms. The van der Waals surface area contributed by atoms with Crippen LogP contribution in [0.4, 0.5) is 23.2 Å². The molecule has 1 amide bonds. The molecule has 2 aromatic rings. The second-order valence-electron chi connectivity index (χ2n) is 5.28. The molecule has 0 aliphatic rings. The molecular weight excluding hydrogens is 374 g/mol. The zero-order valence-electron chi connectivity index (χ0n) is 13.7. The van der Waals surface area contributed by atoms with E-state index in [1.54, 1.807) is 0 Å². The van der Waals surface area contributed by atoms with E-state index in [1.807, 2.05) is 0 Å². The van der Waals surface area contributed by atoms with Gasteiger partial charge in [0.25, 0.3) is 5.91 Å². The highest BCUT2D eigenvalue weighted by atomic mass is 19.4. The Balaban J connectivity index is 1.99. The summed E-state index contributed by atoms with van der Waals surface area (Å²) in [4.78, 5) is 11.9. The number of halogens is 4. The minimum Gasteiger partial charge on any atom is -0.483 e. The maximum absolute atomic E-state index is 13.4. The van der Waals surface area contributed by atoms with Crippen molar-refractivity contribution in [1.29, 1.82) is 0 Å². The second kappa shape index (κ2) is 8.69. The van der Waals surface area contributed by atoms with Gasteiger partial charge in [0.1, 0.15) is 17.3 Å². The quantitative estimate of drug-likeness (QED) is 0.634. The molecule has 6 nitrogen and oxygen atoms in total. The molecule has 0 radical (unpaired) electrons. The molecular formula is C17H15F4NO5. The van der Waals surface area contributed by atoms with Crippen LogP contribution >= 0.6 is 0 Å². The number of amides is 1. The van der Waals surface area contributed by atoms with Crippen LogP contribution in [0.2, 0.25) is 0 Å². The first-order valence-corrected chi connectivity index (χ1v) is 7.53. The van der Waals surface area contributed by atoms with Crippen LogP contribution in [0.1, 0.15) is 11.1 Å². The number of carbonyl (C=O) groups is 1. The van der Waals surface area contributed by atoms with Crippen molar-refractivity contribution < 1.29 is 42.0 Å². The average molecular weight is 389 g/mol. The van der Waals surface area contributed by atoms with Crippen molar-refractivity contribution in [3.05, 3.63) is 53.3 Å². The minimum absolute atomic E-state index is 0.0227. The van der Waals surface area contributed by atoms with Crippen molar-refractivity contribution in [2.75, 3.05) is 11.9 Å². The maximum atomic E-state index is 13.4. The summed E-state index contributed by atoms with van der Waals surface area (Å²) in [6.45, 7) is -1.67. The number of hydrogen-bond acceptors (Lipinski definition) is 5. The summed E-state index contributed by atoms with van der Waals surface area (Å²) < 4.78 is 58.6. The molecule has 0 saturated carbocycles. The third kappa shape index (κ3) is 6.12. The number of anilines is 1. The van der Waals surface area contributed by atoms with Crippen molar-refractivity contribution in [3.63, 3.8) is 0 Å². The van der Waals surface area contributed by atoms with E-state index in [0.717, 1.165) is 24.3 Å². The van der Waals surface area contributed by atoms with Crippen molar-refractivity contribution in [2.45, 2.75) is 19.6 Å². The number of rotatable bonds is 7. The molecule has 3 N–H and O–H groups in total. The number of alkyl halides is 3. The second-order valence-corrected chi connectivity index (χ2v) is 5.28. The fourth-order valence-corrected chi connectivity index (χ4v) is 2.21. The van der Waals surface area contributed by atoms with Gasteiger partial charge in [0.2, 0.25) is 0 Å². The number of nitrogens with one attached hydrogen (secondary N) is 1. The van der Waals surface area contributed by atoms with E-state index < -0.39 is 43.7 Å². The predicted molar refractivity (Wildman–Crippen MR) is 85.5 cm³/mol. The maximum Gasteiger partial charge on any atom is 0.573 e. The normalized spacial score (nSPS) is 11.2. The Morgan fingerprint density at radius 2 is 1.59 bits per heavy atom. The van der Waals surface area contributed by atoms with Crippen LogP contribution in [-0.4, -0.2) is 29.1 Å². The van der Waals surface area contributed by atoms with Gasteiger partial charge in [0.15, 0.2) is 6.61 Å². The summed E-state index contributed by atoms with van der Waals surface area (Å²) >= 11 is 0. The molecule has 0 unspecified atom stereocenters. The van der Waals surface area contributed by atoms with Gasteiger partial charge >= 0.3 is 6.36 Å². The van der Waals surface area contributed by atoms with Crippen molar-refractivity contribution in [1.82, 2.24) is 0 Å². The van der Waals surface area contributed by atoms with E-state index in [-0.39, 0.29) is 22.6 Å². The van der Waals surface area contributed by atoms with E-state index in [0.29, 0.717) is 0 Å². The van der Waals surface area contributed by atoms with Gasteiger partial charge < -0.3 is 25.0 Å². The lowest BCUT2D eigenvalue weighted by Crippen LogP contribution is -2.21. The standard InChI is InChI=1S/C17H15F4NO5/c18-12-5-10(7-23)16(11(6-12)8-24)26-9-15(25)22-13-1-3-14(4-2-13)27-17(19,20)21/h1-6,23-24H,7-9H2,(H,22,25). The summed E-state index contributed by atoms with van der Waals surface area (Å²) in [5, 5.41) is 20.9. The number of aliphatic hydroxyl groups excluding tert-OH is 2. The number of carbonyl (C=O) groups excluding carboxylic acids is 1. The molecule has 0 spiro atoms. The third-order valence-corrected chi connectivity index (χ3v) is 3.27. The number of hydrogen-bond donors (Lipinski definition) is 3. The van der Waals surface area contributed by atoms with E-state index in [2.05, 4.69) is 10.1 Å². The van der Waals surface area contributed by atoms with Gasteiger partial charge in [0, 0.05) is 16.8 Å². The Labute approximate surface area is 151 Å². The summed E-state index contributed by atoms with van der Waals surface area (Å²) in [6.07, 6.45) is -4.82. The van der Waals surface area contributed by atoms with Gasteiger partial charge in [-0.15, -0.1) is 13.2 Å². The molecule has 0 aliphatic carbocycles. The van der Waals surface area contributed by atoms with Gasteiger partial charge in [-0.3, -0.25) is 4.79 Å². The van der Waals surface area contributed by atoms with E-state index in [1.165, 1.54) is 12.1 Å². The lowest BCUT2D eigenvalue weighted by atomic mass is 10.1. The predicted octanol–water partition coefficient (Wildman–Crippen LogP) is 2.73. The highest BCUT2D eigenvalue weighted by Crippen LogP contribution is 2.27. The highest BCUT2D eigenvalue weighted by Gasteiger charge is 2.30. The van der Waals surface area contributed by atoms with Crippen LogP contribution in [0.15, 0.2) is 36.4 Å². The van der Waals surface area contributed by atoms with Crippen LogP contribution in [0.3, 0.4) is 0 Å². The number of ether oxygens (including phenoxy) is 2. The van der Waals surface area contributed by atoms with Crippen LogP contribution in [0.25, 0.3) is 0 Å². The molecule has 0 heterocycles. The number of benzene rings is 2. The Morgan fingerprint density at radius 1 is 1.04 bits per heavy atom. The topological polar surface area (TPSA) is 88.0 Å². The van der Waals surface area contributed by atoms with Gasteiger partial charge in [-0.25, -0.2) is 4.39 Å². The fourth-order valence-electron chi connectivity index (χ4n) is 2.21. The van der Waals surface area contributed by atoms with Crippen molar-refractivity contribution in [2.24, 2.45) is 0 Å². The smallest absolute Gasteiger partial charge is 0.483 e. The monoisotopic (exact) mass is 389 g/mol. The first-order chi connectivity index (χ1) is 12.7. The summed E-state index contributed by atoms with van der Waals surface area (Å²) in [5.74, 6) is -1.80. The fraction of sp³-hybridized carbons (Fsp3) is 0.235. The molecule has 146 valence electrons. The summed E-state index contributed by atoms with van der Waals surface area (Å²) in [7, 11) is 0. The van der Waals surface area contributed by atoms with E-state index in [9.17, 15) is 32.6 Å². The molecule has 0 aromatic heterocycles. The first-order valence-electron chi connectivity index (χ1n) is 7.53. The molecule has 0 atom stereocenters. The summed E-state index contributed by atoms with van der Waals surface area (Å²) in [5.41, 5.74) is 0.308. The molecule has 27 heavy (non-hydrogen) atoms. The average Bonchev–Trinajstić information content (AvgIpc) is 2.60. The number of aliphatic hydroxyl groups is 2. The molecule has 2 rings (SSSR count). The molecule has 0 aliphatic heterocycles. The molecule has 0 fully saturated rings. The largest absolute Gasteiger partial charge is 0.573 e. The van der Waals surface area contributed by atoms with Gasteiger partial charge in [-0.2, -0.15) is 0 Å². The Hall–Kier alpha value is -2.85. The lowest BCUT2D eigenvalue weighted by molar-refractivity contribution is -0.274. The zero-order chi connectivity index (χ0) is 20.0. The molecule has 2 aromatic carbocycles. The molecule has 0 saturated heterocycles. The van der Waals surface area contributed by atoms with E-state index in [4.69, 9.17) is 4.74 Å². The van der Waals surface area contributed by atoms with E-state index >= 15 is 0 Å². The lowest BCUT2D eigenvalue weighted by Gasteiger charge is -2.14. The van der Waals surface area contributed by atoms with Crippen LogP contribution in [-0.2, 0) is 18.0 Å². The zero-order valence-corrected chi connectivity index (χ0v) is 13.7. The minimum atomic E-state index is -4.82. The van der Waals surface area contributed by atoms with Gasteiger partial charge in [-0.05, 0) is 36.4 Å². The van der Waals surface area contributed by atoms with Crippen LogP contribution < -0.4 is 14.8 Å². The van der Waals surface area contributed by atoms with Crippen molar-refractivity contribution >= 4 is 11.6 Å². The highest BCUT2D eigenvalue weighted by molar-refractivity contribution is 5.91. The SMILES string of the molecule is O=C(COc1c(CO)cc(F)cc1CO)Nc1ccc(OC(F)(F)F)cc1.